The molecule has 0 radical (unpaired) electrons. The van der Waals surface area contributed by atoms with Gasteiger partial charge in [-0.3, -0.25) is 4.79 Å². The average Bonchev–Trinajstić information content (AvgIpc) is 2.56. The minimum atomic E-state index is 0.0252. The van der Waals surface area contributed by atoms with Crippen molar-refractivity contribution in [1.82, 2.24) is 0 Å². The van der Waals surface area contributed by atoms with Gasteiger partial charge >= 0.3 is 0 Å². The third-order valence-corrected chi connectivity index (χ3v) is 5.77. The molecule has 1 nitrogen and oxygen atoms in total. The van der Waals surface area contributed by atoms with Crippen LogP contribution in [0.4, 0.5) is 0 Å². The van der Waals surface area contributed by atoms with Crippen LogP contribution in [-0.4, -0.2) is 18.3 Å². The molecule has 0 spiro atoms. The number of halogens is 1. The van der Waals surface area contributed by atoms with E-state index < -0.39 is 0 Å². The van der Waals surface area contributed by atoms with Gasteiger partial charge < -0.3 is 0 Å². The summed E-state index contributed by atoms with van der Waals surface area (Å²) in [7, 11) is 0. The Bertz CT molecular complexity index is 642. The molecule has 0 atom stereocenters. The number of ketones is 1. The highest BCUT2D eigenvalue weighted by molar-refractivity contribution is 8.22. The molecule has 0 unspecified atom stereocenters. The Morgan fingerprint density at radius 1 is 0.810 bits per heavy atom. The predicted octanol–water partition coefficient (Wildman–Crippen LogP) is 5.51. The Morgan fingerprint density at radius 3 is 1.81 bits per heavy atom. The van der Waals surface area contributed by atoms with Crippen LogP contribution in [0.15, 0.2) is 58.8 Å². The summed E-state index contributed by atoms with van der Waals surface area (Å²) in [5, 5.41) is 0.730. The molecule has 2 aromatic rings. The second-order valence-corrected chi connectivity index (χ2v) is 6.55. The molecule has 0 N–H and O–H groups in total. The standard InChI is InChI=1S/C17H15ClOS2/c1-20-17(21-2)15(18)12-8-10-14(11-9-12)16(19)13-6-4-3-5-7-13/h3-11H,1-2H3. The van der Waals surface area contributed by atoms with Crippen molar-refractivity contribution in [3.63, 3.8) is 0 Å². The summed E-state index contributed by atoms with van der Waals surface area (Å²) < 4.78 is 1.07. The molecule has 108 valence electrons. The molecular formula is C17H15ClOS2. The molecule has 4 heteroatoms. The first-order valence-corrected chi connectivity index (χ1v) is 9.18. The van der Waals surface area contributed by atoms with E-state index in [-0.39, 0.29) is 5.78 Å². The van der Waals surface area contributed by atoms with E-state index in [0.717, 1.165) is 14.8 Å². The van der Waals surface area contributed by atoms with Crippen LogP contribution >= 0.6 is 35.1 Å². The van der Waals surface area contributed by atoms with Crippen molar-refractivity contribution >= 4 is 45.9 Å². The fourth-order valence-electron chi connectivity index (χ4n) is 1.90. The van der Waals surface area contributed by atoms with Gasteiger partial charge in [0.1, 0.15) is 0 Å². The smallest absolute Gasteiger partial charge is 0.193 e. The number of carbonyl (C=O) groups excluding carboxylic acids is 1. The van der Waals surface area contributed by atoms with Gasteiger partial charge in [0, 0.05) is 11.1 Å². The highest BCUT2D eigenvalue weighted by atomic mass is 35.5. The first kappa shape index (κ1) is 16.2. The topological polar surface area (TPSA) is 17.1 Å². The third-order valence-electron chi connectivity index (χ3n) is 2.99. The van der Waals surface area contributed by atoms with E-state index in [4.69, 9.17) is 11.6 Å². The largest absolute Gasteiger partial charge is 0.289 e. The maximum absolute atomic E-state index is 12.3. The number of thioether (sulfide) groups is 2. The highest BCUT2D eigenvalue weighted by Crippen LogP contribution is 2.35. The van der Waals surface area contributed by atoms with Crippen molar-refractivity contribution in [1.29, 1.82) is 0 Å². The van der Waals surface area contributed by atoms with Gasteiger partial charge in [0.05, 0.1) is 9.27 Å². The lowest BCUT2D eigenvalue weighted by atomic mass is 10.0. The van der Waals surface area contributed by atoms with E-state index in [1.807, 2.05) is 67.1 Å². The SMILES string of the molecule is CSC(SC)=C(Cl)c1ccc(C(=O)c2ccccc2)cc1. The zero-order valence-corrected chi connectivity index (χ0v) is 14.2. The third kappa shape index (κ3) is 3.94. The van der Waals surface area contributed by atoms with E-state index in [0.29, 0.717) is 11.1 Å². The van der Waals surface area contributed by atoms with Crippen LogP contribution in [0, 0.1) is 0 Å². The van der Waals surface area contributed by atoms with Gasteiger partial charge in [-0.15, -0.1) is 23.5 Å². The summed E-state index contributed by atoms with van der Waals surface area (Å²) in [5.74, 6) is 0.0252. The van der Waals surface area contributed by atoms with Crippen molar-refractivity contribution in [2.24, 2.45) is 0 Å². The Morgan fingerprint density at radius 2 is 1.29 bits per heavy atom. The second kappa shape index (κ2) is 7.74. The molecule has 0 fully saturated rings. The van der Waals surface area contributed by atoms with Gasteiger partial charge in [0.2, 0.25) is 0 Å². The van der Waals surface area contributed by atoms with Crippen molar-refractivity contribution in [2.75, 3.05) is 12.5 Å². The Balaban J connectivity index is 2.28. The Hall–Kier alpha value is -1.16. The fraction of sp³-hybridized carbons (Fsp3) is 0.118. The molecule has 0 saturated heterocycles. The van der Waals surface area contributed by atoms with Crippen LogP contribution in [-0.2, 0) is 0 Å². The zero-order valence-electron chi connectivity index (χ0n) is 11.8. The maximum atomic E-state index is 12.3. The van der Waals surface area contributed by atoms with Crippen molar-refractivity contribution < 1.29 is 4.79 Å². The van der Waals surface area contributed by atoms with Gasteiger partial charge in [-0.25, -0.2) is 0 Å². The molecule has 0 aromatic heterocycles. The highest BCUT2D eigenvalue weighted by Gasteiger charge is 2.10. The van der Waals surface area contributed by atoms with E-state index in [1.54, 1.807) is 23.5 Å². The van der Waals surface area contributed by atoms with Gasteiger partial charge in [-0.2, -0.15) is 0 Å². The van der Waals surface area contributed by atoms with E-state index in [9.17, 15) is 4.79 Å². The molecule has 2 rings (SSSR count). The second-order valence-electron chi connectivity index (χ2n) is 4.28. The van der Waals surface area contributed by atoms with Crippen molar-refractivity contribution in [3.05, 3.63) is 75.5 Å². The monoisotopic (exact) mass is 334 g/mol. The van der Waals surface area contributed by atoms with Gasteiger partial charge in [0.15, 0.2) is 5.78 Å². The van der Waals surface area contributed by atoms with Crippen molar-refractivity contribution in [3.8, 4) is 0 Å². The predicted molar refractivity (Wildman–Crippen MR) is 96.1 cm³/mol. The summed E-state index contributed by atoms with van der Waals surface area (Å²) in [5.41, 5.74) is 2.30. The molecule has 0 aliphatic carbocycles. The number of rotatable bonds is 5. The fourth-order valence-corrected chi connectivity index (χ4v) is 3.75. The first-order chi connectivity index (χ1) is 10.2. The molecule has 0 heterocycles. The Labute approximate surface area is 138 Å². The van der Waals surface area contributed by atoms with Crippen molar-refractivity contribution in [2.45, 2.75) is 0 Å². The zero-order chi connectivity index (χ0) is 15.2. The number of hydrogen-bond donors (Lipinski definition) is 0. The average molecular weight is 335 g/mol. The van der Waals surface area contributed by atoms with Gasteiger partial charge in [-0.1, -0.05) is 66.2 Å². The lowest BCUT2D eigenvalue weighted by Gasteiger charge is -2.07. The summed E-state index contributed by atoms with van der Waals surface area (Å²) in [6.45, 7) is 0. The lowest BCUT2D eigenvalue weighted by Crippen LogP contribution is -2.00. The lowest BCUT2D eigenvalue weighted by molar-refractivity contribution is 0.103. The summed E-state index contributed by atoms with van der Waals surface area (Å²) in [6, 6.07) is 16.7. The molecule has 0 amide bonds. The van der Waals surface area contributed by atoms with E-state index in [1.165, 1.54) is 0 Å². The summed E-state index contributed by atoms with van der Waals surface area (Å²) in [4.78, 5) is 12.3. The molecule has 21 heavy (non-hydrogen) atoms. The number of benzene rings is 2. The Kier molecular flexibility index (Phi) is 5.97. The van der Waals surface area contributed by atoms with E-state index in [2.05, 4.69) is 0 Å². The van der Waals surface area contributed by atoms with Gasteiger partial charge in [0.25, 0.3) is 0 Å². The van der Waals surface area contributed by atoms with Crippen LogP contribution in [0.2, 0.25) is 0 Å². The molecule has 2 aromatic carbocycles. The van der Waals surface area contributed by atoms with E-state index >= 15 is 0 Å². The molecular weight excluding hydrogens is 320 g/mol. The minimum Gasteiger partial charge on any atom is -0.289 e. The summed E-state index contributed by atoms with van der Waals surface area (Å²) in [6.07, 6.45) is 4.00. The quantitative estimate of drug-likeness (QED) is 0.671. The van der Waals surface area contributed by atoms with Crippen LogP contribution in [0.1, 0.15) is 21.5 Å². The van der Waals surface area contributed by atoms with Crippen LogP contribution in [0.25, 0.3) is 5.03 Å². The molecule has 0 bridgehead atoms. The first-order valence-electron chi connectivity index (χ1n) is 6.35. The molecule has 0 aliphatic heterocycles. The number of carbonyl (C=O) groups is 1. The van der Waals surface area contributed by atoms with Crippen LogP contribution in [0.3, 0.4) is 0 Å². The summed E-state index contributed by atoms with van der Waals surface area (Å²) >= 11 is 9.62. The minimum absolute atomic E-state index is 0.0252. The normalized spacial score (nSPS) is 10.2. The molecule has 0 saturated carbocycles. The number of hydrogen-bond acceptors (Lipinski definition) is 3. The van der Waals surface area contributed by atoms with Crippen LogP contribution in [0.5, 0.6) is 0 Å². The van der Waals surface area contributed by atoms with Gasteiger partial charge in [-0.05, 0) is 18.1 Å². The molecule has 0 aliphatic rings. The maximum Gasteiger partial charge on any atom is 0.193 e. The van der Waals surface area contributed by atoms with Crippen LogP contribution < -0.4 is 0 Å².